The van der Waals surface area contributed by atoms with Gasteiger partial charge in [0, 0.05) is 0 Å². The molecular formula is C21H22N2O3S. The molecule has 3 aromatic rings. The maximum Gasteiger partial charge on any atom is 0.318 e. The fraction of sp³-hybridized carbons (Fsp3) is 0.286. The molecule has 0 unspecified atom stereocenters. The van der Waals surface area contributed by atoms with Crippen molar-refractivity contribution >= 4 is 28.6 Å². The SMILES string of the molecule is COC(=O)[C@H](C)Sc1nc2ccccc2c(=O)n1-c1ccccc1C(C)C. The Labute approximate surface area is 162 Å². The number of carbonyl (C=O) groups is 1. The van der Waals surface area contributed by atoms with Gasteiger partial charge in [-0.15, -0.1) is 0 Å². The average Bonchev–Trinajstić information content (AvgIpc) is 2.67. The third kappa shape index (κ3) is 3.76. The summed E-state index contributed by atoms with van der Waals surface area (Å²) in [6.45, 7) is 5.92. The Bertz CT molecular complexity index is 1040. The molecule has 3 rings (SSSR count). The minimum absolute atomic E-state index is 0.145. The summed E-state index contributed by atoms with van der Waals surface area (Å²) in [7, 11) is 1.36. The third-order valence-corrected chi connectivity index (χ3v) is 5.39. The van der Waals surface area contributed by atoms with Crippen molar-refractivity contribution in [1.29, 1.82) is 0 Å². The van der Waals surface area contributed by atoms with Crippen LogP contribution in [0.2, 0.25) is 0 Å². The molecule has 1 atom stereocenters. The number of rotatable bonds is 5. The van der Waals surface area contributed by atoms with Crippen LogP contribution in [0.15, 0.2) is 58.5 Å². The second-order valence-electron chi connectivity index (χ2n) is 6.55. The minimum Gasteiger partial charge on any atom is -0.468 e. The van der Waals surface area contributed by atoms with Crippen molar-refractivity contribution in [2.75, 3.05) is 7.11 Å². The zero-order chi connectivity index (χ0) is 19.6. The number of aromatic nitrogens is 2. The van der Waals surface area contributed by atoms with Crippen LogP contribution in [0.1, 0.15) is 32.3 Å². The maximum absolute atomic E-state index is 13.3. The lowest BCUT2D eigenvalue weighted by Crippen LogP contribution is -2.25. The summed E-state index contributed by atoms with van der Waals surface area (Å²) in [6, 6.07) is 15.1. The fourth-order valence-corrected chi connectivity index (χ4v) is 3.90. The predicted octanol–water partition coefficient (Wildman–Crippen LogP) is 4.16. The largest absolute Gasteiger partial charge is 0.468 e. The van der Waals surface area contributed by atoms with Gasteiger partial charge in [-0.2, -0.15) is 0 Å². The normalized spacial score (nSPS) is 12.3. The van der Waals surface area contributed by atoms with Crippen molar-refractivity contribution in [2.24, 2.45) is 0 Å². The fourth-order valence-electron chi connectivity index (χ4n) is 2.96. The van der Waals surface area contributed by atoms with Gasteiger partial charge in [0.1, 0.15) is 5.25 Å². The van der Waals surface area contributed by atoms with Crippen LogP contribution in [0.3, 0.4) is 0 Å². The molecule has 0 saturated heterocycles. The van der Waals surface area contributed by atoms with Crippen molar-refractivity contribution < 1.29 is 9.53 Å². The van der Waals surface area contributed by atoms with E-state index < -0.39 is 5.25 Å². The molecule has 0 saturated carbocycles. The first-order chi connectivity index (χ1) is 12.9. The second-order valence-corrected chi connectivity index (χ2v) is 7.86. The summed E-state index contributed by atoms with van der Waals surface area (Å²) < 4.78 is 6.45. The highest BCUT2D eigenvalue weighted by Gasteiger charge is 2.22. The zero-order valence-corrected chi connectivity index (χ0v) is 16.6. The average molecular weight is 382 g/mol. The molecule has 1 aromatic heterocycles. The molecule has 0 bridgehead atoms. The van der Waals surface area contributed by atoms with Crippen molar-refractivity contribution in [1.82, 2.24) is 9.55 Å². The number of methoxy groups -OCH3 is 1. The van der Waals surface area contributed by atoms with E-state index in [9.17, 15) is 9.59 Å². The lowest BCUT2D eigenvalue weighted by molar-refractivity contribution is -0.139. The molecule has 2 aromatic carbocycles. The van der Waals surface area contributed by atoms with Crippen LogP contribution < -0.4 is 5.56 Å². The zero-order valence-electron chi connectivity index (χ0n) is 15.8. The van der Waals surface area contributed by atoms with E-state index in [4.69, 9.17) is 4.74 Å². The first-order valence-corrected chi connectivity index (χ1v) is 9.67. The molecule has 27 heavy (non-hydrogen) atoms. The number of hydrogen-bond acceptors (Lipinski definition) is 5. The second kappa shape index (κ2) is 7.96. The summed E-state index contributed by atoms with van der Waals surface area (Å²) >= 11 is 1.22. The minimum atomic E-state index is -0.486. The Morgan fingerprint density at radius 1 is 1.07 bits per heavy atom. The van der Waals surface area contributed by atoms with Gasteiger partial charge in [0.05, 0.1) is 23.7 Å². The molecule has 5 nitrogen and oxygen atoms in total. The summed E-state index contributed by atoms with van der Waals surface area (Å²) in [4.78, 5) is 30.0. The number of fused-ring (bicyclic) bond motifs is 1. The van der Waals surface area contributed by atoms with Gasteiger partial charge < -0.3 is 4.74 Å². The quantitative estimate of drug-likeness (QED) is 0.377. The Morgan fingerprint density at radius 2 is 1.74 bits per heavy atom. The van der Waals surface area contributed by atoms with Crippen LogP contribution in [0.5, 0.6) is 0 Å². The van der Waals surface area contributed by atoms with Crippen molar-refractivity contribution in [2.45, 2.75) is 37.1 Å². The maximum atomic E-state index is 13.3. The van der Waals surface area contributed by atoms with E-state index in [0.717, 1.165) is 11.3 Å². The van der Waals surface area contributed by atoms with E-state index in [1.54, 1.807) is 17.6 Å². The number of nitrogens with zero attached hydrogens (tertiary/aromatic N) is 2. The van der Waals surface area contributed by atoms with E-state index in [-0.39, 0.29) is 17.4 Å². The molecule has 0 N–H and O–H groups in total. The van der Waals surface area contributed by atoms with Gasteiger partial charge >= 0.3 is 5.97 Å². The molecule has 0 amide bonds. The first kappa shape index (κ1) is 19.2. The van der Waals surface area contributed by atoms with Crippen LogP contribution in [0.4, 0.5) is 0 Å². The molecule has 0 spiro atoms. The molecule has 0 aliphatic carbocycles. The van der Waals surface area contributed by atoms with Crippen LogP contribution in [0.25, 0.3) is 16.6 Å². The predicted molar refractivity (Wildman–Crippen MR) is 109 cm³/mol. The number of para-hydroxylation sites is 2. The van der Waals surface area contributed by atoms with Gasteiger partial charge in [-0.25, -0.2) is 4.98 Å². The number of benzene rings is 2. The Morgan fingerprint density at radius 3 is 2.44 bits per heavy atom. The Kier molecular flexibility index (Phi) is 5.65. The lowest BCUT2D eigenvalue weighted by atomic mass is 10.0. The van der Waals surface area contributed by atoms with Crippen LogP contribution >= 0.6 is 11.8 Å². The van der Waals surface area contributed by atoms with E-state index in [1.165, 1.54) is 18.9 Å². The third-order valence-electron chi connectivity index (χ3n) is 4.36. The van der Waals surface area contributed by atoms with Crippen LogP contribution in [-0.2, 0) is 9.53 Å². The Hall–Kier alpha value is -2.60. The van der Waals surface area contributed by atoms with Gasteiger partial charge in [0.25, 0.3) is 5.56 Å². The molecule has 0 fully saturated rings. The summed E-state index contributed by atoms with van der Waals surface area (Å²) in [6.07, 6.45) is 0. The summed E-state index contributed by atoms with van der Waals surface area (Å²) in [5, 5.41) is 0.538. The summed E-state index contributed by atoms with van der Waals surface area (Å²) in [5.41, 5.74) is 2.30. The van der Waals surface area contributed by atoms with Crippen molar-refractivity contribution in [3.05, 3.63) is 64.4 Å². The van der Waals surface area contributed by atoms with E-state index >= 15 is 0 Å². The molecule has 140 valence electrons. The lowest BCUT2D eigenvalue weighted by Gasteiger charge is -2.19. The highest BCUT2D eigenvalue weighted by atomic mass is 32.2. The molecule has 0 aliphatic rings. The van der Waals surface area contributed by atoms with Gasteiger partial charge in [-0.3, -0.25) is 14.2 Å². The highest BCUT2D eigenvalue weighted by Crippen LogP contribution is 2.29. The van der Waals surface area contributed by atoms with E-state index in [1.807, 2.05) is 42.5 Å². The van der Waals surface area contributed by atoms with E-state index in [2.05, 4.69) is 18.8 Å². The molecule has 6 heteroatoms. The standard InChI is InChI=1S/C21H22N2O3S/c1-13(2)15-9-6-8-12-18(15)23-19(24)16-10-5-7-11-17(16)22-21(23)27-14(3)20(25)26-4/h5-14H,1-4H3/t14-/m0/s1. The van der Waals surface area contributed by atoms with Gasteiger partial charge in [0.2, 0.25) is 0 Å². The first-order valence-electron chi connectivity index (χ1n) is 8.79. The van der Waals surface area contributed by atoms with Gasteiger partial charge in [-0.1, -0.05) is 55.9 Å². The monoisotopic (exact) mass is 382 g/mol. The summed E-state index contributed by atoms with van der Waals surface area (Å²) in [5.74, 6) is -0.124. The number of thioether (sulfide) groups is 1. The Balaban J connectivity index is 2.30. The van der Waals surface area contributed by atoms with Crippen LogP contribution in [-0.4, -0.2) is 27.9 Å². The number of carbonyl (C=O) groups excluding carboxylic acids is 1. The molecule has 0 radical (unpaired) electrons. The molecule has 1 heterocycles. The van der Waals surface area contributed by atoms with Crippen LogP contribution in [0, 0.1) is 0 Å². The van der Waals surface area contributed by atoms with Gasteiger partial charge in [0.15, 0.2) is 5.16 Å². The molecular weight excluding hydrogens is 360 g/mol. The number of ether oxygens (including phenoxy) is 1. The number of esters is 1. The topological polar surface area (TPSA) is 61.2 Å². The smallest absolute Gasteiger partial charge is 0.318 e. The van der Waals surface area contributed by atoms with E-state index in [0.29, 0.717) is 16.1 Å². The number of hydrogen-bond donors (Lipinski definition) is 0. The van der Waals surface area contributed by atoms with Crippen molar-refractivity contribution in [3.8, 4) is 5.69 Å². The van der Waals surface area contributed by atoms with Gasteiger partial charge in [-0.05, 0) is 36.6 Å². The molecule has 0 aliphatic heterocycles. The van der Waals surface area contributed by atoms with Crippen molar-refractivity contribution in [3.63, 3.8) is 0 Å². The highest BCUT2D eigenvalue weighted by molar-refractivity contribution is 8.00.